The molecule has 0 bridgehead atoms. The average molecular weight is 136 g/mol. The van der Waals surface area contributed by atoms with Gasteiger partial charge in [-0.15, -0.1) is 5.53 Å². The normalized spacial score (nSPS) is 21.5. The monoisotopic (exact) mass is 136 g/mol. The second kappa shape index (κ2) is 1.85. The van der Waals surface area contributed by atoms with Crippen LogP contribution in [0.4, 0.5) is 0 Å². The van der Waals surface area contributed by atoms with Crippen LogP contribution in [0.15, 0.2) is 29.2 Å². The summed E-state index contributed by atoms with van der Waals surface area (Å²) in [6.45, 7) is 0. The number of hydrogen-bond acceptors (Lipinski definition) is 4. The summed E-state index contributed by atoms with van der Waals surface area (Å²) in [4.78, 5) is 0. The Morgan fingerprint density at radius 1 is 1.60 bits per heavy atom. The fraction of sp³-hybridized carbons (Fsp3) is 0.167. The molecular formula is C6H8N4. The minimum atomic E-state index is 1.06. The first-order valence-corrected chi connectivity index (χ1v) is 3.08. The highest BCUT2D eigenvalue weighted by Gasteiger charge is 2.15. The van der Waals surface area contributed by atoms with Crippen molar-refractivity contribution in [2.75, 3.05) is 7.05 Å². The number of nitrogens with zero attached hydrogens (tertiary/aromatic N) is 3. The smallest absolute Gasteiger partial charge is 0.0972 e. The third-order valence-corrected chi connectivity index (χ3v) is 1.36. The number of hydrazine groups is 2. The largest absolute Gasteiger partial charge is 0.297 e. The van der Waals surface area contributed by atoms with Gasteiger partial charge >= 0.3 is 0 Å². The summed E-state index contributed by atoms with van der Waals surface area (Å²) in [6, 6.07) is 0. The van der Waals surface area contributed by atoms with Gasteiger partial charge in [0.2, 0.25) is 0 Å². The molecule has 1 N–H and O–H groups in total. The molecule has 2 aliphatic rings. The van der Waals surface area contributed by atoms with Crippen molar-refractivity contribution in [1.82, 2.24) is 15.7 Å². The minimum absolute atomic E-state index is 1.06. The average Bonchev–Trinajstić information content (AvgIpc) is 2.27. The SMILES string of the molecule is CN1C=C2C=CC=NN2N1. The van der Waals surface area contributed by atoms with E-state index in [9.17, 15) is 0 Å². The summed E-state index contributed by atoms with van der Waals surface area (Å²) >= 11 is 0. The molecule has 0 atom stereocenters. The van der Waals surface area contributed by atoms with Crippen molar-refractivity contribution in [3.63, 3.8) is 0 Å². The van der Waals surface area contributed by atoms with Gasteiger partial charge in [-0.05, 0) is 12.2 Å². The Hall–Kier alpha value is -1.29. The Morgan fingerprint density at radius 3 is 3.30 bits per heavy atom. The van der Waals surface area contributed by atoms with E-state index in [4.69, 9.17) is 0 Å². The lowest BCUT2D eigenvalue weighted by Gasteiger charge is -2.16. The molecule has 0 unspecified atom stereocenters. The van der Waals surface area contributed by atoms with Gasteiger partial charge in [0.1, 0.15) is 0 Å². The second-order valence-corrected chi connectivity index (χ2v) is 2.20. The van der Waals surface area contributed by atoms with Crippen LogP contribution in [0.1, 0.15) is 0 Å². The zero-order valence-electron chi connectivity index (χ0n) is 5.65. The van der Waals surface area contributed by atoms with E-state index in [-0.39, 0.29) is 0 Å². The van der Waals surface area contributed by atoms with Crippen molar-refractivity contribution < 1.29 is 0 Å². The van der Waals surface area contributed by atoms with Crippen LogP contribution < -0.4 is 5.53 Å². The highest BCUT2D eigenvalue weighted by Crippen LogP contribution is 2.12. The lowest BCUT2D eigenvalue weighted by atomic mass is 10.4. The highest BCUT2D eigenvalue weighted by molar-refractivity contribution is 5.73. The van der Waals surface area contributed by atoms with Crippen LogP contribution >= 0.6 is 0 Å². The van der Waals surface area contributed by atoms with Crippen molar-refractivity contribution in [3.05, 3.63) is 24.0 Å². The molecule has 2 aliphatic heterocycles. The Morgan fingerprint density at radius 2 is 2.50 bits per heavy atom. The molecular weight excluding hydrogens is 128 g/mol. The maximum absolute atomic E-state index is 4.04. The molecule has 2 rings (SSSR count). The van der Waals surface area contributed by atoms with Crippen LogP contribution in [0.5, 0.6) is 0 Å². The number of fused-ring (bicyclic) bond motifs is 1. The summed E-state index contributed by atoms with van der Waals surface area (Å²) < 4.78 is 0. The van der Waals surface area contributed by atoms with Gasteiger partial charge in [0, 0.05) is 19.5 Å². The quantitative estimate of drug-likeness (QED) is 0.510. The van der Waals surface area contributed by atoms with E-state index in [2.05, 4.69) is 10.6 Å². The first-order chi connectivity index (χ1) is 4.86. The van der Waals surface area contributed by atoms with Crippen LogP contribution in [0.2, 0.25) is 0 Å². The molecule has 4 nitrogen and oxygen atoms in total. The van der Waals surface area contributed by atoms with Crippen LogP contribution in [-0.2, 0) is 0 Å². The molecule has 0 aliphatic carbocycles. The number of rotatable bonds is 0. The molecule has 0 aromatic carbocycles. The Balaban J connectivity index is 2.29. The molecule has 10 heavy (non-hydrogen) atoms. The van der Waals surface area contributed by atoms with Crippen molar-refractivity contribution in [3.8, 4) is 0 Å². The van der Waals surface area contributed by atoms with E-state index in [1.54, 1.807) is 11.3 Å². The summed E-state index contributed by atoms with van der Waals surface area (Å²) in [5.74, 6) is 0. The van der Waals surface area contributed by atoms with E-state index in [1.165, 1.54) is 0 Å². The van der Waals surface area contributed by atoms with Gasteiger partial charge in [0.25, 0.3) is 0 Å². The Labute approximate surface area is 59.0 Å². The molecule has 0 fully saturated rings. The molecule has 4 heteroatoms. The molecule has 0 aromatic heterocycles. The van der Waals surface area contributed by atoms with Gasteiger partial charge < -0.3 is 0 Å². The Kier molecular flexibility index (Phi) is 1.01. The van der Waals surface area contributed by atoms with Gasteiger partial charge in [-0.1, -0.05) is 0 Å². The van der Waals surface area contributed by atoms with E-state index in [0.717, 1.165) is 5.70 Å². The van der Waals surface area contributed by atoms with Crippen LogP contribution in [0, 0.1) is 0 Å². The standard InChI is InChI=1S/C6H8N4/c1-9-5-6-3-2-4-7-10(6)8-9/h2-5,8H,1H3. The van der Waals surface area contributed by atoms with Gasteiger partial charge in [-0.3, -0.25) is 5.01 Å². The van der Waals surface area contributed by atoms with Crippen molar-refractivity contribution in [2.45, 2.75) is 0 Å². The first-order valence-electron chi connectivity index (χ1n) is 3.08. The maximum Gasteiger partial charge on any atom is 0.0972 e. The first kappa shape index (κ1) is 5.49. The number of hydrazone groups is 1. The van der Waals surface area contributed by atoms with E-state index in [1.807, 2.05) is 30.4 Å². The molecule has 0 saturated heterocycles. The van der Waals surface area contributed by atoms with Gasteiger partial charge in [-0.25, -0.2) is 0 Å². The van der Waals surface area contributed by atoms with Gasteiger partial charge in [0.15, 0.2) is 0 Å². The van der Waals surface area contributed by atoms with Gasteiger partial charge in [-0.2, -0.15) is 10.2 Å². The van der Waals surface area contributed by atoms with Crippen LogP contribution in [0.3, 0.4) is 0 Å². The van der Waals surface area contributed by atoms with E-state index < -0.39 is 0 Å². The zero-order chi connectivity index (χ0) is 6.97. The predicted octanol–water partition coefficient (Wildman–Crippen LogP) is 0.0504. The maximum atomic E-state index is 4.04. The topological polar surface area (TPSA) is 30.9 Å². The molecule has 0 aromatic rings. The molecule has 0 saturated carbocycles. The minimum Gasteiger partial charge on any atom is -0.297 e. The van der Waals surface area contributed by atoms with Crippen molar-refractivity contribution >= 4 is 6.21 Å². The second-order valence-electron chi connectivity index (χ2n) is 2.20. The van der Waals surface area contributed by atoms with Crippen molar-refractivity contribution in [1.29, 1.82) is 0 Å². The third kappa shape index (κ3) is 0.698. The van der Waals surface area contributed by atoms with Crippen LogP contribution in [-0.4, -0.2) is 23.4 Å². The molecule has 2 heterocycles. The summed E-state index contributed by atoms with van der Waals surface area (Å²) in [6.07, 6.45) is 7.60. The fourth-order valence-electron chi connectivity index (χ4n) is 0.942. The highest BCUT2D eigenvalue weighted by atomic mass is 15.9. The third-order valence-electron chi connectivity index (χ3n) is 1.36. The Bertz CT molecular complexity index is 228. The lowest BCUT2D eigenvalue weighted by molar-refractivity contribution is 0.160. The van der Waals surface area contributed by atoms with Crippen LogP contribution in [0.25, 0.3) is 0 Å². The van der Waals surface area contributed by atoms with E-state index >= 15 is 0 Å². The molecule has 0 radical (unpaired) electrons. The predicted molar refractivity (Wildman–Crippen MR) is 38.5 cm³/mol. The van der Waals surface area contributed by atoms with Crippen molar-refractivity contribution in [2.24, 2.45) is 5.10 Å². The molecule has 0 spiro atoms. The summed E-state index contributed by atoms with van der Waals surface area (Å²) in [5.41, 5.74) is 4.04. The zero-order valence-corrected chi connectivity index (χ0v) is 5.65. The number of nitrogens with one attached hydrogen (secondary N) is 1. The lowest BCUT2D eigenvalue weighted by Crippen LogP contribution is -2.35. The summed E-state index contributed by atoms with van der Waals surface area (Å²) in [5, 5.41) is 7.60. The molecule has 0 amide bonds. The van der Waals surface area contributed by atoms with E-state index in [0.29, 0.717) is 0 Å². The number of hydrogen-bond donors (Lipinski definition) is 1. The van der Waals surface area contributed by atoms with Gasteiger partial charge in [0.05, 0.1) is 5.70 Å². The molecule has 52 valence electrons. The summed E-state index contributed by atoms with van der Waals surface area (Å²) in [7, 11) is 1.93. The fourth-order valence-corrected chi connectivity index (χ4v) is 0.942. The number of allylic oxidation sites excluding steroid dienone is 2.